The fraction of sp³-hybridized carbons (Fsp3) is 0.765. The molecular formula is C17H24N2O3S. The second-order valence-electron chi connectivity index (χ2n) is 6.91. The van der Waals surface area contributed by atoms with Gasteiger partial charge >= 0.3 is 0 Å². The Morgan fingerprint density at radius 1 is 1.39 bits per heavy atom. The van der Waals surface area contributed by atoms with Crippen LogP contribution in [-0.4, -0.2) is 47.2 Å². The van der Waals surface area contributed by atoms with Gasteiger partial charge in [-0.1, -0.05) is 0 Å². The lowest BCUT2D eigenvalue weighted by Crippen LogP contribution is -2.46. The SMILES string of the molecule is Cc1nc(COC[C@@H]2CC[C@H]3[C@H](CCN3C(=O)C3CC3)O2)cs1. The van der Waals surface area contributed by atoms with Gasteiger partial charge in [0.25, 0.3) is 0 Å². The van der Waals surface area contributed by atoms with Gasteiger partial charge in [-0.15, -0.1) is 11.3 Å². The van der Waals surface area contributed by atoms with E-state index in [4.69, 9.17) is 9.47 Å². The Kier molecular flexibility index (Phi) is 4.39. The van der Waals surface area contributed by atoms with Crippen molar-refractivity contribution < 1.29 is 14.3 Å². The maximum atomic E-state index is 12.3. The van der Waals surface area contributed by atoms with Crippen molar-refractivity contribution in [2.45, 2.75) is 63.9 Å². The van der Waals surface area contributed by atoms with Crippen LogP contribution in [0, 0.1) is 12.8 Å². The first-order valence-electron chi connectivity index (χ1n) is 8.65. The number of carbonyl (C=O) groups excluding carboxylic acids is 1. The number of likely N-dealkylation sites (tertiary alicyclic amines) is 1. The monoisotopic (exact) mass is 336 g/mol. The molecule has 0 radical (unpaired) electrons. The Bertz CT molecular complexity index is 572. The van der Waals surface area contributed by atoms with Crippen molar-refractivity contribution in [2.24, 2.45) is 5.92 Å². The molecule has 6 heteroatoms. The molecule has 5 nitrogen and oxygen atoms in total. The van der Waals surface area contributed by atoms with E-state index in [2.05, 4.69) is 9.88 Å². The van der Waals surface area contributed by atoms with Crippen molar-refractivity contribution in [1.29, 1.82) is 0 Å². The summed E-state index contributed by atoms with van der Waals surface area (Å²) < 4.78 is 12.0. The molecule has 0 unspecified atom stereocenters. The molecule has 0 spiro atoms. The zero-order chi connectivity index (χ0) is 15.8. The maximum absolute atomic E-state index is 12.3. The van der Waals surface area contributed by atoms with Crippen LogP contribution in [0.2, 0.25) is 0 Å². The van der Waals surface area contributed by atoms with Gasteiger partial charge in [0.15, 0.2) is 0 Å². The van der Waals surface area contributed by atoms with Crippen LogP contribution >= 0.6 is 11.3 Å². The number of carbonyl (C=O) groups is 1. The Hall–Kier alpha value is -0.980. The number of amides is 1. The van der Waals surface area contributed by atoms with Crippen LogP contribution in [-0.2, 0) is 20.9 Å². The lowest BCUT2D eigenvalue weighted by Gasteiger charge is -2.36. The summed E-state index contributed by atoms with van der Waals surface area (Å²) in [6.07, 6.45) is 5.54. The molecule has 1 aromatic rings. The molecule has 0 bridgehead atoms. The largest absolute Gasteiger partial charge is 0.372 e. The first-order valence-corrected chi connectivity index (χ1v) is 9.53. The van der Waals surface area contributed by atoms with Crippen molar-refractivity contribution in [3.05, 3.63) is 16.1 Å². The first-order chi connectivity index (χ1) is 11.2. The maximum Gasteiger partial charge on any atom is 0.226 e. The number of ether oxygens (including phenoxy) is 2. The van der Waals surface area contributed by atoms with Crippen LogP contribution in [0.15, 0.2) is 5.38 Å². The third-order valence-electron chi connectivity index (χ3n) is 5.07. The number of nitrogens with zero attached hydrogens (tertiary/aromatic N) is 2. The fourth-order valence-corrected chi connectivity index (χ4v) is 4.33. The first kappa shape index (κ1) is 15.5. The van der Waals surface area contributed by atoms with Crippen LogP contribution < -0.4 is 0 Å². The van der Waals surface area contributed by atoms with Crippen LogP contribution in [0.3, 0.4) is 0 Å². The van der Waals surface area contributed by atoms with E-state index >= 15 is 0 Å². The molecule has 126 valence electrons. The average Bonchev–Trinajstić information content (AvgIpc) is 3.19. The smallest absolute Gasteiger partial charge is 0.226 e. The van der Waals surface area contributed by atoms with Gasteiger partial charge in [0.05, 0.1) is 42.2 Å². The normalized spacial score (nSPS) is 30.5. The Morgan fingerprint density at radius 3 is 3.00 bits per heavy atom. The summed E-state index contributed by atoms with van der Waals surface area (Å²) >= 11 is 1.65. The molecular weight excluding hydrogens is 312 g/mol. The molecule has 1 aliphatic carbocycles. The van der Waals surface area contributed by atoms with Gasteiger partial charge < -0.3 is 14.4 Å². The van der Waals surface area contributed by atoms with Crippen molar-refractivity contribution in [3.8, 4) is 0 Å². The van der Waals surface area contributed by atoms with E-state index in [1.807, 2.05) is 12.3 Å². The molecule has 1 saturated carbocycles. The highest BCUT2D eigenvalue weighted by molar-refractivity contribution is 7.09. The van der Waals surface area contributed by atoms with Crippen molar-refractivity contribution in [1.82, 2.24) is 9.88 Å². The summed E-state index contributed by atoms with van der Waals surface area (Å²) in [5, 5.41) is 3.12. The average molecular weight is 336 g/mol. The molecule has 3 fully saturated rings. The molecule has 3 atom stereocenters. The van der Waals surface area contributed by atoms with Crippen molar-refractivity contribution >= 4 is 17.2 Å². The molecule has 3 aliphatic rings. The molecule has 0 aromatic carbocycles. The summed E-state index contributed by atoms with van der Waals surface area (Å²) in [6, 6.07) is 0.306. The minimum absolute atomic E-state index is 0.159. The van der Waals surface area contributed by atoms with Crippen LogP contribution in [0.25, 0.3) is 0 Å². The highest BCUT2D eigenvalue weighted by Crippen LogP contribution is 2.37. The number of rotatable bonds is 5. The number of fused-ring (bicyclic) bond motifs is 1. The highest BCUT2D eigenvalue weighted by Gasteiger charge is 2.45. The van der Waals surface area contributed by atoms with Gasteiger partial charge in [-0.05, 0) is 39.0 Å². The summed E-state index contributed by atoms with van der Waals surface area (Å²) in [6.45, 7) is 4.06. The van der Waals surface area contributed by atoms with Gasteiger partial charge in [0.1, 0.15) is 0 Å². The number of aromatic nitrogens is 1. The molecule has 1 amide bonds. The Balaban J connectivity index is 1.24. The summed E-state index contributed by atoms with van der Waals surface area (Å²) in [4.78, 5) is 18.8. The topological polar surface area (TPSA) is 51.7 Å². The van der Waals surface area contributed by atoms with Crippen LogP contribution in [0.5, 0.6) is 0 Å². The standard InChI is InChI=1S/C17H24N2O3S/c1-11-18-13(10-23-11)8-21-9-14-4-5-15-16(22-14)6-7-19(15)17(20)12-2-3-12/h10,12,14-16H,2-9H2,1H3/t14-,15-,16-/m0/s1. The number of hydrogen-bond donors (Lipinski definition) is 0. The zero-order valence-corrected chi connectivity index (χ0v) is 14.4. The fourth-order valence-electron chi connectivity index (χ4n) is 3.73. The van der Waals surface area contributed by atoms with E-state index in [9.17, 15) is 4.79 Å². The summed E-state index contributed by atoms with van der Waals surface area (Å²) in [7, 11) is 0. The van der Waals surface area contributed by atoms with Gasteiger partial charge in [0, 0.05) is 17.8 Å². The van der Waals surface area contributed by atoms with E-state index in [-0.39, 0.29) is 12.2 Å². The zero-order valence-electron chi connectivity index (χ0n) is 13.6. The molecule has 1 aromatic heterocycles. The molecule has 2 aliphatic heterocycles. The number of hydrogen-bond acceptors (Lipinski definition) is 5. The van der Waals surface area contributed by atoms with E-state index in [0.29, 0.717) is 31.1 Å². The quantitative estimate of drug-likeness (QED) is 0.829. The second-order valence-corrected chi connectivity index (χ2v) is 7.97. The lowest BCUT2D eigenvalue weighted by molar-refractivity contribution is -0.140. The number of aryl methyl sites for hydroxylation is 1. The van der Waals surface area contributed by atoms with Crippen molar-refractivity contribution in [3.63, 3.8) is 0 Å². The second kappa shape index (κ2) is 6.49. The highest BCUT2D eigenvalue weighted by atomic mass is 32.1. The van der Waals surface area contributed by atoms with Gasteiger partial charge in [-0.2, -0.15) is 0 Å². The lowest BCUT2D eigenvalue weighted by atomic mass is 9.99. The Morgan fingerprint density at radius 2 is 2.26 bits per heavy atom. The number of thiazole rings is 1. The van der Waals surface area contributed by atoms with Gasteiger partial charge in [0.2, 0.25) is 5.91 Å². The summed E-state index contributed by atoms with van der Waals surface area (Å²) in [5.74, 6) is 0.686. The molecule has 2 saturated heterocycles. The minimum atomic E-state index is 0.159. The minimum Gasteiger partial charge on any atom is -0.372 e. The van der Waals surface area contributed by atoms with Crippen molar-refractivity contribution in [2.75, 3.05) is 13.2 Å². The van der Waals surface area contributed by atoms with Crippen LogP contribution in [0.4, 0.5) is 0 Å². The molecule has 0 N–H and O–H groups in total. The summed E-state index contributed by atoms with van der Waals surface area (Å²) in [5.41, 5.74) is 1.00. The van der Waals surface area contributed by atoms with Crippen LogP contribution in [0.1, 0.15) is 42.8 Å². The molecule has 3 heterocycles. The van der Waals surface area contributed by atoms with E-state index < -0.39 is 0 Å². The third-order valence-corrected chi connectivity index (χ3v) is 5.89. The van der Waals surface area contributed by atoms with Gasteiger partial charge in [-0.3, -0.25) is 4.79 Å². The van der Waals surface area contributed by atoms with E-state index in [1.165, 1.54) is 0 Å². The molecule has 4 rings (SSSR count). The van der Waals surface area contributed by atoms with Gasteiger partial charge in [-0.25, -0.2) is 4.98 Å². The third kappa shape index (κ3) is 3.44. The van der Waals surface area contributed by atoms with E-state index in [0.717, 1.165) is 49.4 Å². The van der Waals surface area contributed by atoms with E-state index in [1.54, 1.807) is 11.3 Å². The predicted octanol–water partition coefficient (Wildman–Crippen LogP) is 2.53. The molecule has 23 heavy (non-hydrogen) atoms. The predicted molar refractivity (Wildman–Crippen MR) is 87.2 cm³/mol. The Labute approximate surface area is 141 Å².